The van der Waals surface area contributed by atoms with Crippen molar-refractivity contribution < 1.29 is 4.74 Å². The van der Waals surface area contributed by atoms with Gasteiger partial charge in [0.05, 0.1) is 6.61 Å². The lowest BCUT2D eigenvalue weighted by Gasteiger charge is -2.00. The summed E-state index contributed by atoms with van der Waals surface area (Å²) in [5.41, 5.74) is 1.21. The summed E-state index contributed by atoms with van der Waals surface area (Å²) < 4.78 is 5.23. The molecule has 0 bridgehead atoms. The first-order valence-corrected chi connectivity index (χ1v) is 3.54. The average molecular weight is 138 g/mol. The van der Waals surface area contributed by atoms with Crippen molar-refractivity contribution in [3.8, 4) is 0 Å². The van der Waals surface area contributed by atoms with Crippen molar-refractivity contribution in [3.05, 3.63) is 18.0 Å². The van der Waals surface area contributed by atoms with Crippen molar-refractivity contribution in [2.45, 2.75) is 12.3 Å². The molecule has 3 nitrogen and oxygen atoms in total. The number of aromatic nitrogens is 2. The molecule has 54 valence electrons. The summed E-state index contributed by atoms with van der Waals surface area (Å²) in [6, 6.07) is 2.01. The highest BCUT2D eigenvalue weighted by Gasteiger charge is 2.18. The lowest BCUT2D eigenvalue weighted by molar-refractivity contribution is 0.193. The highest BCUT2D eigenvalue weighted by atomic mass is 16.5. The summed E-state index contributed by atoms with van der Waals surface area (Å²) in [6.45, 7) is 1.74. The molecule has 0 radical (unpaired) electrons. The number of rotatable bonds is 1. The van der Waals surface area contributed by atoms with E-state index in [0.717, 1.165) is 19.6 Å². The zero-order valence-electron chi connectivity index (χ0n) is 5.71. The zero-order valence-corrected chi connectivity index (χ0v) is 5.71. The quantitative estimate of drug-likeness (QED) is 0.626. The maximum atomic E-state index is 5.23. The Morgan fingerprint density at radius 2 is 2.70 bits per heavy atom. The van der Waals surface area contributed by atoms with Crippen molar-refractivity contribution in [1.82, 2.24) is 10.2 Å². The highest BCUT2D eigenvalue weighted by Crippen LogP contribution is 2.22. The van der Waals surface area contributed by atoms with E-state index < -0.39 is 0 Å². The molecule has 1 aliphatic heterocycles. The number of nitrogens with one attached hydrogen (secondary N) is 1. The van der Waals surface area contributed by atoms with Crippen LogP contribution >= 0.6 is 0 Å². The summed E-state index contributed by atoms with van der Waals surface area (Å²) in [5.74, 6) is 0.558. The van der Waals surface area contributed by atoms with Crippen molar-refractivity contribution in [2.75, 3.05) is 13.2 Å². The standard InChI is InChI=1S/C7H10N2O/c1-3-8-9-7(1)6-2-4-10-5-6/h1,3,6H,2,4-5H2,(H,8,9)/t6-/m0/s1. The average Bonchev–Trinajstić information content (AvgIpc) is 2.59. The van der Waals surface area contributed by atoms with Crippen LogP contribution in [0.2, 0.25) is 0 Å². The van der Waals surface area contributed by atoms with Gasteiger partial charge in [0.25, 0.3) is 0 Å². The molecule has 0 amide bonds. The molecule has 2 rings (SSSR count). The fourth-order valence-electron chi connectivity index (χ4n) is 1.27. The van der Waals surface area contributed by atoms with E-state index in [1.807, 2.05) is 6.07 Å². The molecular formula is C7H10N2O. The fourth-order valence-corrected chi connectivity index (χ4v) is 1.27. The second-order valence-corrected chi connectivity index (χ2v) is 2.57. The zero-order chi connectivity index (χ0) is 6.81. The summed E-state index contributed by atoms with van der Waals surface area (Å²) in [7, 11) is 0. The van der Waals surface area contributed by atoms with Crippen LogP contribution in [0.5, 0.6) is 0 Å². The van der Waals surface area contributed by atoms with E-state index in [0.29, 0.717) is 5.92 Å². The predicted octanol–water partition coefficient (Wildman–Crippen LogP) is 0.914. The summed E-state index contributed by atoms with van der Waals surface area (Å²) >= 11 is 0. The summed E-state index contributed by atoms with van der Waals surface area (Å²) in [5, 5.41) is 6.84. The first-order chi connectivity index (χ1) is 4.97. The highest BCUT2D eigenvalue weighted by molar-refractivity contribution is 5.06. The Kier molecular flexibility index (Phi) is 1.43. The number of hydrogen-bond donors (Lipinski definition) is 1. The van der Waals surface area contributed by atoms with E-state index in [1.165, 1.54) is 5.69 Å². The Morgan fingerprint density at radius 1 is 1.70 bits per heavy atom. The number of hydrogen-bond acceptors (Lipinski definition) is 2. The van der Waals surface area contributed by atoms with Crippen LogP contribution in [-0.2, 0) is 4.74 Å². The van der Waals surface area contributed by atoms with Gasteiger partial charge < -0.3 is 4.74 Å². The van der Waals surface area contributed by atoms with E-state index in [-0.39, 0.29) is 0 Å². The fraction of sp³-hybridized carbons (Fsp3) is 0.571. The van der Waals surface area contributed by atoms with Crippen LogP contribution in [0.25, 0.3) is 0 Å². The number of nitrogens with zero attached hydrogens (tertiary/aromatic N) is 1. The molecule has 0 unspecified atom stereocenters. The summed E-state index contributed by atoms with van der Waals surface area (Å²) in [6.07, 6.45) is 2.91. The lowest BCUT2D eigenvalue weighted by atomic mass is 10.1. The number of aromatic amines is 1. The third-order valence-electron chi connectivity index (χ3n) is 1.89. The van der Waals surface area contributed by atoms with Gasteiger partial charge in [-0.3, -0.25) is 5.10 Å². The Hall–Kier alpha value is -0.830. The predicted molar refractivity (Wildman–Crippen MR) is 36.8 cm³/mol. The van der Waals surface area contributed by atoms with Crippen LogP contribution in [0.15, 0.2) is 12.3 Å². The first kappa shape index (κ1) is 5.92. The van der Waals surface area contributed by atoms with Crippen molar-refractivity contribution in [2.24, 2.45) is 0 Å². The third-order valence-corrected chi connectivity index (χ3v) is 1.89. The van der Waals surface area contributed by atoms with Gasteiger partial charge in [-0.1, -0.05) is 0 Å². The van der Waals surface area contributed by atoms with Gasteiger partial charge in [0.15, 0.2) is 0 Å². The topological polar surface area (TPSA) is 37.9 Å². The van der Waals surface area contributed by atoms with Crippen LogP contribution < -0.4 is 0 Å². The van der Waals surface area contributed by atoms with E-state index in [4.69, 9.17) is 4.74 Å². The third kappa shape index (κ3) is 0.926. The Bertz CT molecular complexity index is 189. The molecule has 0 aromatic carbocycles. The van der Waals surface area contributed by atoms with E-state index in [2.05, 4.69) is 10.2 Å². The second-order valence-electron chi connectivity index (χ2n) is 2.57. The van der Waals surface area contributed by atoms with E-state index in [9.17, 15) is 0 Å². The van der Waals surface area contributed by atoms with E-state index in [1.54, 1.807) is 6.20 Å². The SMILES string of the molecule is c1cc([C@H]2CCOC2)[nH]n1. The van der Waals surface area contributed by atoms with Gasteiger partial charge in [-0.25, -0.2) is 0 Å². The Balaban J connectivity index is 2.12. The summed E-state index contributed by atoms with van der Waals surface area (Å²) in [4.78, 5) is 0. The first-order valence-electron chi connectivity index (χ1n) is 3.54. The minimum Gasteiger partial charge on any atom is -0.381 e. The van der Waals surface area contributed by atoms with Crippen LogP contribution in [-0.4, -0.2) is 23.4 Å². The Labute approximate surface area is 59.4 Å². The minimum absolute atomic E-state index is 0.558. The van der Waals surface area contributed by atoms with E-state index >= 15 is 0 Å². The van der Waals surface area contributed by atoms with Gasteiger partial charge in [-0.05, 0) is 12.5 Å². The molecule has 1 aromatic rings. The molecule has 0 spiro atoms. The van der Waals surface area contributed by atoms with Crippen LogP contribution in [0, 0.1) is 0 Å². The molecule has 1 aliphatic rings. The van der Waals surface area contributed by atoms with Gasteiger partial charge in [0.1, 0.15) is 0 Å². The number of H-pyrrole nitrogens is 1. The largest absolute Gasteiger partial charge is 0.381 e. The molecule has 2 heterocycles. The van der Waals surface area contributed by atoms with Gasteiger partial charge in [0, 0.05) is 24.4 Å². The van der Waals surface area contributed by atoms with Crippen molar-refractivity contribution in [1.29, 1.82) is 0 Å². The van der Waals surface area contributed by atoms with Gasteiger partial charge in [0.2, 0.25) is 0 Å². The minimum atomic E-state index is 0.558. The molecule has 1 aromatic heterocycles. The Morgan fingerprint density at radius 3 is 3.30 bits per heavy atom. The van der Waals surface area contributed by atoms with Gasteiger partial charge in [-0.15, -0.1) is 0 Å². The lowest BCUT2D eigenvalue weighted by Crippen LogP contribution is -1.97. The van der Waals surface area contributed by atoms with Gasteiger partial charge in [-0.2, -0.15) is 5.10 Å². The smallest absolute Gasteiger partial charge is 0.0550 e. The molecule has 1 saturated heterocycles. The van der Waals surface area contributed by atoms with Crippen LogP contribution in [0.3, 0.4) is 0 Å². The maximum absolute atomic E-state index is 5.23. The molecule has 1 N–H and O–H groups in total. The molecule has 0 saturated carbocycles. The molecule has 1 fully saturated rings. The van der Waals surface area contributed by atoms with Gasteiger partial charge >= 0.3 is 0 Å². The van der Waals surface area contributed by atoms with Crippen molar-refractivity contribution in [3.63, 3.8) is 0 Å². The molecule has 0 aliphatic carbocycles. The molecule has 3 heteroatoms. The van der Waals surface area contributed by atoms with Crippen molar-refractivity contribution >= 4 is 0 Å². The van der Waals surface area contributed by atoms with Crippen LogP contribution in [0.1, 0.15) is 18.0 Å². The monoisotopic (exact) mass is 138 g/mol. The molecule has 10 heavy (non-hydrogen) atoms. The maximum Gasteiger partial charge on any atom is 0.0550 e. The number of ether oxygens (including phenoxy) is 1. The molecular weight excluding hydrogens is 128 g/mol. The van der Waals surface area contributed by atoms with Crippen LogP contribution in [0.4, 0.5) is 0 Å². The normalized spacial score (nSPS) is 25.4. The molecule has 1 atom stereocenters. The second kappa shape index (κ2) is 2.42.